The van der Waals surface area contributed by atoms with Crippen LogP contribution in [0.4, 0.5) is 0 Å². The molecule has 3 nitrogen and oxygen atoms in total. The number of nitrogens with two attached hydrogens (primary N) is 1. The van der Waals surface area contributed by atoms with E-state index in [4.69, 9.17) is 5.73 Å². The highest BCUT2D eigenvalue weighted by Crippen LogP contribution is 2.11. The Morgan fingerprint density at radius 1 is 1.23 bits per heavy atom. The first-order chi connectivity index (χ1) is 6.27. The standard InChI is InChI=1S/C10H11N3/c1-7(11)10-6-12-8-4-2-3-5-9(8)13-10/h2-7H,11H2,1H3. The van der Waals surface area contributed by atoms with Gasteiger partial charge in [0.05, 0.1) is 22.9 Å². The van der Waals surface area contributed by atoms with Gasteiger partial charge < -0.3 is 5.73 Å². The zero-order chi connectivity index (χ0) is 9.26. The highest BCUT2D eigenvalue weighted by molar-refractivity contribution is 5.73. The van der Waals surface area contributed by atoms with Crippen LogP contribution in [0.5, 0.6) is 0 Å². The van der Waals surface area contributed by atoms with Crippen molar-refractivity contribution in [1.82, 2.24) is 9.97 Å². The molecule has 0 amide bonds. The lowest BCUT2D eigenvalue weighted by molar-refractivity contribution is 0.780. The molecule has 13 heavy (non-hydrogen) atoms. The van der Waals surface area contributed by atoms with Gasteiger partial charge in [-0.25, -0.2) is 4.98 Å². The van der Waals surface area contributed by atoms with Crippen LogP contribution >= 0.6 is 0 Å². The average molecular weight is 173 g/mol. The van der Waals surface area contributed by atoms with Crippen LogP contribution in [0.3, 0.4) is 0 Å². The Kier molecular flexibility index (Phi) is 1.94. The number of hydrogen-bond donors (Lipinski definition) is 1. The van der Waals surface area contributed by atoms with E-state index in [1.54, 1.807) is 6.20 Å². The van der Waals surface area contributed by atoms with E-state index in [1.807, 2.05) is 31.2 Å². The van der Waals surface area contributed by atoms with Crippen molar-refractivity contribution < 1.29 is 0 Å². The predicted octanol–water partition coefficient (Wildman–Crippen LogP) is 1.65. The molecular weight excluding hydrogens is 162 g/mol. The van der Waals surface area contributed by atoms with E-state index in [2.05, 4.69) is 9.97 Å². The molecule has 2 N–H and O–H groups in total. The van der Waals surface area contributed by atoms with Crippen molar-refractivity contribution in [2.75, 3.05) is 0 Å². The van der Waals surface area contributed by atoms with Gasteiger partial charge in [-0.15, -0.1) is 0 Å². The summed E-state index contributed by atoms with van der Waals surface area (Å²) in [5, 5.41) is 0. The lowest BCUT2D eigenvalue weighted by Crippen LogP contribution is -2.07. The fraction of sp³-hybridized carbons (Fsp3) is 0.200. The summed E-state index contributed by atoms with van der Waals surface area (Å²) < 4.78 is 0. The highest BCUT2D eigenvalue weighted by atomic mass is 14.8. The zero-order valence-electron chi connectivity index (χ0n) is 7.44. The molecule has 1 aromatic heterocycles. The van der Waals surface area contributed by atoms with Gasteiger partial charge in [-0.2, -0.15) is 0 Å². The van der Waals surface area contributed by atoms with Crippen molar-refractivity contribution in [3.05, 3.63) is 36.2 Å². The maximum absolute atomic E-state index is 5.70. The fourth-order valence-electron chi connectivity index (χ4n) is 1.19. The molecule has 1 heterocycles. The first-order valence-electron chi connectivity index (χ1n) is 4.24. The molecule has 0 fully saturated rings. The lowest BCUT2D eigenvalue weighted by atomic mass is 10.2. The molecule has 1 unspecified atom stereocenters. The molecule has 0 saturated heterocycles. The number of para-hydroxylation sites is 2. The number of rotatable bonds is 1. The average Bonchev–Trinajstić information content (AvgIpc) is 2.17. The minimum absolute atomic E-state index is 0.0582. The van der Waals surface area contributed by atoms with Gasteiger partial charge in [-0.3, -0.25) is 4.98 Å². The maximum atomic E-state index is 5.70. The Hall–Kier alpha value is -1.48. The monoisotopic (exact) mass is 173 g/mol. The van der Waals surface area contributed by atoms with Crippen LogP contribution in [0.1, 0.15) is 18.7 Å². The van der Waals surface area contributed by atoms with Crippen LogP contribution in [-0.4, -0.2) is 9.97 Å². The molecule has 3 heteroatoms. The number of aromatic nitrogens is 2. The van der Waals surface area contributed by atoms with E-state index in [-0.39, 0.29) is 6.04 Å². The van der Waals surface area contributed by atoms with Gasteiger partial charge in [0.1, 0.15) is 0 Å². The summed E-state index contributed by atoms with van der Waals surface area (Å²) in [6.07, 6.45) is 1.73. The van der Waals surface area contributed by atoms with Crippen LogP contribution in [-0.2, 0) is 0 Å². The third kappa shape index (κ3) is 1.51. The Morgan fingerprint density at radius 2 is 1.92 bits per heavy atom. The van der Waals surface area contributed by atoms with E-state index >= 15 is 0 Å². The number of fused-ring (bicyclic) bond motifs is 1. The molecule has 1 atom stereocenters. The third-order valence-electron chi connectivity index (χ3n) is 1.93. The van der Waals surface area contributed by atoms with Gasteiger partial charge >= 0.3 is 0 Å². The van der Waals surface area contributed by atoms with Crippen LogP contribution in [0.25, 0.3) is 11.0 Å². The van der Waals surface area contributed by atoms with E-state index in [9.17, 15) is 0 Å². The molecule has 2 aromatic rings. The summed E-state index contributed by atoms with van der Waals surface area (Å²) in [5.74, 6) is 0. The summed E-state index contributed by atoms with van der Waals surface area (Å²) in [6, 6.07) is 7.71. The predicted molar refractivity (Wildman–Crippen MR) is 52.1 cm³/mol. The second-order valence-electron chi connectivity index (χ2n) is 3.07. The van der Waals surface area contributed by atoms with Gasteiger partial charge in [-0.05, 0) is 19.1 Å². The molecule has 0 bridgehead atoms. The Bertz CT molecular complexity index is 423. The van der Waals surface area contributed by atoms with Crippen LogP contribution in [0.2, 0.25) is 0 Å². The summed E-state index contributed by atoms with van der Waals surface area (Å²) in [5.41, 5.74) is 8.34. The largest absolute Gasteiger partial charge is 0.323 e. The molecule has 0 aliphatic rings. The molecule has 1 aromatic carbocycles. The van der Waals surface area contributed by atoms with Crippen molar-refractivity contribution in [3.63, 3.8) is 0 Å². The molecule has 0 aliphatic heterocycles. The Labute approximate surface area is 76.6 Å². The lowest BCUT2D eigenvalue weighted by Gasteiger charge is -2.04. The minimum Gasteiger partial charge on any atom is -0.323 e. The van der Waals surface area contributed by atoms with Crippen molar-refractivity contribution in [2.24, 2.45) is 5.73 Å². The van der Waals surface area contributed by atoms with E-state index in [0.717, 1.165) is 16.7 Å². The van der Waals surface area contributed by atoms with Crippen LogP contribution in [0, 0.1) is 0 Å². The molecule has 0 radical (unpaired) electrons. The van der Waals surface area contributed by atoms with Gasteiger partial charge in [-0.1, -0.05) is 12.1 Å². The van der Waals surface area contributed by atoms with Gasteiger partial charge in [0.25, 0.3) is 0 Å². The zero-order valence-corrected chi connectivity index (χ0v) is 7.44. The first-order valence-corrected chi connectivity index (χ1v) is 4.24. The third-order valence-corrected chi connectivity index (χ3v) is 1.93. The molecule has 0 saturated carbocycles. The normalized spacial score (nSPS) is 13.1. The number of nitrogens with zero attached hydrogens (tertiary/aromatic N) is 2. The van der Waals surface area contributed by atoms with Gasteiger partial charge in [0, 0.05) is 6.04 Å². The molecule has 0 aliphatic carbocycles. The van der Waals surface area contributed by atoms with E-state index in [0.29, 0.717) is 0 Å². The van der Waals surface area contributed by atoms with Crippen molar-refractivity contribution in [2.45, 2.75) is 13.0 Å². The Morgan fingerprint density at radius 3 is 2.62 bits per heavy atom. The second-order valence-corrected chi connectivity index (χ2v) is 3.07. The van der Waals surface area contributed by atoms with Crippen molar-refractivity contribution in [1.29, 1.82) is 0 Å². The fourth-order valence-corrected chi connectivity index (χ4v) is 1.19. The molecule has 0 spiro atoms. The summed E-state index contributed by atoms with van der Waals surface area (Å²) in [7, 11) is 0. The van der Waals surface area contributed by atoms with Crippen molar-refractivity contribution in [3.8, 4) is 0 Å². The van der Waals surface area contributed by atoms with Gasteiger partial charge in [0.2, 0.25) is 0 Å². The SMILES string of the molecule is CC(N)c1cnc2ccccc2n1. The van der Waals surface area contributed by atoms with Crippen LogP contribution < -0.4 is 5.73 Å². The quantitative estimate of drug-likeness (QED) is 0.713. The molecule has 2 rings (SSSR count). The number of benzene rings is 1. The van der Waals surface area contributed by atoms with Crippen molar-refractivity contribution >= 4 is 11.0 Å². The van der Waals surface area contributed by atoms with E-state index in [1.165, 1.54) is 0 Å². The highest BCUT2D eigenvalue weighted by Gasteiger charge is 2.02. The topological polar surface area (TPSA) is 51.8 Å². The second kappa shape index (κ2) is 3.11. The van der Waals surface area contributed by atoms with Gasteiger partial charge in [0.15, 0.2) is 0 Å². The Balaban J connectivity index is 2.62. The summed E-state index contributed by atoms with van der Waals surface area (Å²) in [6.45, 7) is 1.90. The molecule has 66 valence electrons. The smallest absolute Gasteiger partial charge is 0.0890 e. The summed E-state index contributed by atoms with van der Waals surface area (Å²) in [4.78, 5) is 8.65. The maximum Gasteiger partial charge on any atom is 0.0890 e. The number of hydrogen-bond acceptors (Lipinski definition) is 3. The minimum atomic E-state index is -0.0582. The first kappa shape index (κ1) is 8.13. The van der Waals surface area contributed by atoms with Crippen LogP contribution in [0.15, 0.2) is 30.5 Å². The van der Waals surface area contributed by atoms with E-state index < -0.39 is 0 Å². The molecular formula is C10H11N3. The summed E-state index contributed by atoms with van der Waals surface area (Å²) >= 11 is 0.